The summed E-state index contributed by atoms with van der Waals surface area (Å²) in [5.74, 6) is 0.771. The Labute approximate surface area is 221 Å². The lowest BCUT2D eigenvalue weighted by atomic mass is 10.0. The molecule has 0 unspecified atom stereocenters. The molecule has 0 aromatic heterocycles. The van der Waals surface area contributed by atoms with Gasteiger partial charge in [-0.05, 0) is 69.6 Å². The van der Waals surface area contributed by atoms with Crippen molar-refractivity contribution >= 4 is 50.9 Å². The van der Waals surface area contributed by atoms with Crippen LogP contribution in [0.2, 0.25) is 10.0 Å². The number of hydrogen-bond donors (Lipinski definition) is 1. The Kier molecular flexibility index (Phi) is 11.2. The maximum Gasteiger partial charge on any atom is 0.261 e. The number of benzene rings is 2. The van der Waals surface area contributed by atoms with E-state index in [-0.39, 0.29) is 25.0 Å². The van der Waals surface area contributed by atoms with Crippen LogP contribution in [0.4, 0.5) is 0 Å². The van der Waals surface area contributed by atoms with Gasteiger partial charge in [0.25, 0.3) is 5.91 Å². The van der Waals surface area contributed by atoms with Gasteiger partial charge in [0.05, 0.1) is 14.5 Å². The average molecular weight is 572 g/mol. The predicted octanol–water partition coefficient (Wildman–Crippen LogP) is 6.84. The Balaban J connectivity index is 2.25. The van der Waals surface area contributed by atoms with Crippen LogP contribution in [0.25, 0.3) is 0 Å². The minimum Gasteiger partial charge on any atom is -0.483 e. The van der Waals surface area contributed by atoms with E-state index < -0.39 is 6.04 Å². The van der Waals surface area contributed by atoms with Crippen LogP contribution in [0.1, 0.15) is 58.1 Å². The molecule has 0 aliphatic carbocycles. The summed E-state index contributed by atoms with van der Waals surface area (Å²) in [4.78, 5) is 27.9. The van der Waals surface area contributed by atoms with E-state index in [9.17, 15) is 9.59 Å². The Morgan fingerprint density at radius 2 is 1.76 bits per heavy atom. The molecule has 0 spiro atoms. The molecule has 2 amide bonds. The van der Waals surface area contributed by atoms with Gasteiger partial charge in [0.1, 0.15) is 11.8 Å². The monoisotopic (exact) mass is 570 g/mol. The molecule has 34 heavy (non-hydrogen) atoms. The van der Waals surface area contributed by atoms with Crippen LogP contribution in [-0.4, -0.2) is 35.9 Å². The number of rotatable bonds is 11. The largest absolute Gasteiger partial charge is 0.483 e. The van der Waals surface area contributed by atoms with Gasteiger partial charge >= 0.3 is 0 Å². The van der Waals surface area contributed by atoms with Crippen molar-refractivity contribution in [3.05, 3.63) is 62.0 Å². The first-order valence-electron chi connectivity index (χ1n) is 11.5. The van der Waals surface area contributed by atoms with Crippen molar-refractivity contribution < 1.29 is 14.3 Å². The quantitative estimate of drug-likeness (QED) is 0.321. The molecule has 0 saturated heterocycles. The first-order valence-corrected chi connectivity index (χ1v) is 13.0. The highest BCUT2D eigenvalue weighted by Gasteiger charge is 2.29. The maximum atomic E-state index is 13.3. The predicted molar refractivity (Wildman–Crippen MR) is 143 cm³/mol. The van der Waals surface area contributed by atoms with Crippen LogP contribution in [0, 0.1) is 5.92 Å². The first-order chi connectivity index (χ1) is 16.0. The van der Waals surface area contributed by atoms with E-state index in [2.05, 4.69) is 35.1 Å². The molecule has 0 radical (unpaired) electrons. The van der Waals surface area contributed by atoms with Crippen LogP contribution in [0.15, 0.2) is 40.9 Å². The molecule has 0 aliphatic rings. The summed E-state index contributed by atoms with van der Waals surface area (Å²) >= 11 is 15.8. The van der Waals surface area contributed by atoms with E-state index in [1.54, 1.807) is 23.1 Å². The Hall–Kier alpha value is -1.76. The minimum atomic E-state index is -0.643. The third-order valence-electron chi connectivity index (χ3n) is 5.38. The number of amides is 2. The van der Waals surface area contributed by atoms with E-state index in [1.807, 2.05) is 39.0 Å². The lowest BCUT2D eigenvalue weighted by molar-refractivity contribution is -0.143. The molecule has 8 heteroatoms. The lowest BCUT2D eigenvalue weighted by Crippen LogP contribution is -2.50. The third kappa shape index (κ3) is 8.17. The van der Waals surface area contributed by atoms with Crippen molar-refractivity contribution in [3.63, 3.8) is 0 Å². The molecular weight excluding hydrogens is 539 g/mol. The molecule has 2 rings (SSSR count). The standard InChI is InChI=1S/C26H33BrCl2N2O3/c1-6-23(26(33)30-13-16(2)3)31(14-18-7-9-21(28)22(29)11-18)25(32)15-34-24-10-8-19(17(4)5)12-20(24)27/h7-12,16-17,23H,6,13-15H2,1-5H3,(H,30,33)/t23-/m0/s1. The first kappa shape index (κ1) is 28.5. The van der Waals surface area contributed by atoms with Crippen LogP contribution >= 0.6 is 39.1 Å². The Morgan fingerprint density at radius 1 is 1.06 bits per heavy atom. The maximum absolute atomic E-state index is 13.3. The van der Waals surface area contributed by atoms with Gasteiger partial charge in [0.2, 0.25) is 5.91 Å². The number of carbonyl (C=O) groups is 2. The molecule has 1 atom stereocenters. The molecular formula is C26H33BrCl2N2O3. The minimum absolute atomic E-state index is 0.188. The number of hydrogen-bond acceptors (Lipinski definition) is 3. The zero-order valence-corrected chi connectivity index (χ0v) is 23.4. The van der Waals surface area contributed by atoms with Gasteiger partial charge < -0.3 is 15.0 Å². The van der Waals surface area contributed by atoms with E-state index in [1.165, 1.54) is 5.56 Å². The van der Waals surface area contributed by atoms with Gasteiger partial charge in [-0.25, -0.2) is 0 Å². The average Bonchev–Trinajstić information content (AvgIpc) is 2.78. The summed E-state index contributed by atoms with van der Waals surface area (Å²) in [5, 5.41) is 3.78. The van der Waals surface area contributed by atoms with Crippen LogP contribution in [0.5, 0.6) is 5.75 Å². The topological polar surface area (TPSA) is 58.6 Å². The van der Waals surface area contributed by atoms with Gasteiger partial charge in [-0.15, -0.1) is 0 Å². The second-order valence-electron chi connectivity index (χ2n) is 8.97. The van der Waals surface area contributed by atoms with Crippen molar-refractivity contribution in [2.75, 3.05) is 13.2 Å². The van der Waals surface area contributed by atoms with Crippen molar-refractivity contribution in [3.8, 4) is 5.75 Å². The van der Waals surface area contributed by atoms with Crippen LogP contribution < -0.4 is 10.1 Å². The molecule has 5 nitrogen and oxygen atoms in total. The summed E-state index contributed by atoms with van der Waals surface area (Å²) in [6.07, 6.45) is 0.462. The van der Waals surface area contributed by atoms with E-state index in [4.69, 9.17) is 27.9 Å². The molecule has 0 saturated carbocycles. The second-order valence-corrected chi connectivity index (χ2v) is 10.6. The molecule has 0 fully saturated rings. The molecule has 186 valence electrons. The number of carbonyl (C=O) groups excluding carboxylic acids is 2. The smallest absolute Gasteiger partial charge is 0.261 e. The van der Waals surface area contributed by atoms with Gasteiger partial charge in [-0.3, -0.25) is 9.59 Å². The summed E-state index contributed by atoms with van der Waals surface area (Å²) in [7, 11) is 0. The van der Waals surface area contributed by atoms with Gasteiger partial charge in [0, 0.05) is 13.1 Å². The van der Waals surface area contributed by atoms with Crippen molar-refractivity contribution in [1.82, 2.24) is 10.2 Å². The molecule has 0 heterocycles. The fraction of sp³-hybridized carbons (Fsp3) is 0.462. The highest BCUT2D eigenvalue weighted by Crippen LogP contribution is 2.29. The molecule has 2 aromatic rings. The highest BCUT2D eigenvalue weighted by molar-refractivity contribution is 9.10. The van der Waals surface area contributed by atoms with Crippen molar-refractivity contribution in [2.24, 2.45) is 5.92 Å². The number of halogens is 3. The Morgan fingerprint density at radius 3 is 2.32 bits per heavy atom. The SMILES string of the molecule is CC[C@@H](C(=O)NCC(C)C)N(Cc1ccc(Cl)c(Cl)c1)C(=O)COc1ccc(C(C)C)cc1Br. The highest BCUT2D eigenvalue weighted by atomic mass is 79.9. The molecule has 0 aliphatic heterocycles. The van der Waals surface area contributed by atoms with E-state index in [0.717, 1.165) is 10.0 Å². The van der Waals surface area contributed by atoms with Crippen LogP contribution in [0.3, 0.4) is 0 Å². The zero-order chi connectivity index (χ0) is 25.4. The summed E-state index contributed by atoms with van der Waals surface area (Å²) in [5.41, 5.74) is 1.94. The summed E-state index contributed by atoms with van der Waals surface area (Å²) < 4.78 is 6.63. The van der Waals surface area contributed by atoms with Gasteiger partial charge in [0.15, 0.2) is 6.61 Å². The molecule has 0 bridgehead atoms. The number of ether oxygens (including phenoxy) is 1. The summed E-state index contributed by atoms with van der Waals surface area (Å²) in [6, 6.07) is 10.4. The molecule has 2 aromatic carbocycles. The van der Waals surface area contributed by atoms with Crippen molar-refractivity contribution in [1.29, 1.82) is 0 Å². The fourth-order valence-electron chi connectivity index (χ4n) is 3.39. The zero-order valence-electron chi connectivity index (χ0n) is 20.3. The van der Waals surface area contributed by atoms with Gasteiger partial charge in [-0.2, -0.15) is 0 Å². The lowest BCUT2D eigenvalue weighted by Gasteiger charge is -2.31. The second kappa shape index (κ2) is 13.4. The van der Waals surface area contributed by atoms with E-state index in [0.29, 0.717) is 40.6 Å². The van der Waals surface area contributed by atoms with Gasteiger partial charge in [-0.1, -0.05) is 70.0 Å². The van der Waals surface area contributed by atoms with E-state index >= 15 is 0 Å². The summed E-state index contributed by atoms with van der Waals surface area (Å²) in [6.45, 7) is 10.7. The number of nitrogens with one attached hydrogen (secondary N) is 1. The van der Waals surface area contributed by atoms with Crippen LogP contribution in [-0.2, 0) is 16.1 Å². The fourth-order valence-corrected chi connectivity index (χ4v) is 4.22. The van der Waals surface area contributed by atoms with Crippen molar-refractivity contribution in [2.45, 2.75) is 59.5 Å². The normalized spacial score (nSPS) is 12.1. The third-order valence-corrected chi connectivity index (χ3v) is 6.74. The molecule has 1 N–H and O–H groups in total. The number of nitrogens with zero attached hydrogens (tertiary/aromatic N) is 1. The Bertz CT molecular complexity index is 998.